The molecular formula is C26H28OS. The number of ether oxygens (including phenoxy) is 1. The Bertz CT molecular complexity index is 944. The van der Waals surface area contributed by atoms with Crippen molar-refractivity contribution in [2.75, 3.05) is 6.61 Å². The topological polar surface area (TPSA) is 9.23 Å². The van der Waals surface area contributed by atoms with E-state index in [9.17, 15) is 0 Å². The van der Waals surface area contributed by atoms with Crippen LogP contribution in [0.2, 0.25) is 0 Å². The molecule has 0 fully saturated rings. The number of hydrogen-bond donors (Lipinski definition) is 0. The fraction of sp³-hybridized carbons (Fsp3) is 0.231. The molecule has 3 rings (SSSR count). The van der Waals surface area contributed by atoms with E-state index in [-0.39, 0.29) is 0 Å². The number of allylic oxidation sites excluding steroid dienone is 4. The molecule has 0 aliphatic heterocycles. The molecule has 144 valence electrons. The smallest absolute Gasteiger partial charge is 0.120 e. The van der Waals surface area contributed by atoms with Gasteiger partial charge >= 0.3 is 0 Å². The van der Waals surface area contributed by atoms with Gasteiger partial charge in [-0.1, -0.05) is 61.6 Å². The van der Waals surface area contributed by atoms with Gasteiger partial charge in [0.25, 0.3) is 0 Å². The highest BCUT2D eigenvalue weighted by Crippen LogP contribution is 2.35. The van der Waals surface area contributed by atoms with E-state index in [0.29, 0.717) is 6.61 Å². The van der Waals surface area contributed by atoms with Gasteiger partial charge in [0.05, 0.1) is 6.61 Å². The van der Waals surface area contributed by atoms with Crippen molar-refractivity contribution < 1.29 is 4.74 Å². The molecule has 0 aliphatic carbocycles. The van der Waals surface area contributed by atoms with Crippen LogP contribution < -0.4 is 4.74 Å². The molecule has 1 aromatic heterocycles. The van der Waals surface area contributed by atoms with E-state index < -0.39 is 0 Å². The van der Waals surface area contributed by atoms with Crippen molar-refractivity contribution in [3.63, 3.8) is 0 Å². The molecule has 1 heterocycles. The lowest BCUT2D eigenvalue weighted by molar-refractivity contribution is 0.325. The van der Waals surface area contributed by atoms with Crippen LogP contribution in [-0.2, 0) is 6.42 Å². The van der Waals surface area contributed by atoms with Gasteiger partial charge in [-0.05, 0) is 66.5 Å². The van der Waals surface area contributed by atoms with E-state index in [1.54, 1.807) is 0 Å². The first-order valence-corrected chi connectivity index (χ1v) is 10.8. The number of fused-ring (bicyclic) bond motifs is 1. The minimum atomic E-state index is 0.703. The van der Waals surface area contributed by atoms with Crippen molar-refractivity contribution in [2.24, 2.45) is 0 Å². The highest BCUT2D eigenvalue weighted by molar-refractivity contribution is 7.22. The van der Waals surface area contributed by atoms with Crippen molar-refractivity contribution in [1.29, 1.82) is 0 Å². The SMILES string of the molecule is C=CC/C=C/C/C=C/CCOc1ccc2cc(-c3ccc(CC)cc3)sc2c1. The van der Waals surface area contributed by atoms with Crippen molar-refractivity contribution >= 4 is 21.4 Å². The van der Waals surface area contributed by atoms with Crippen LogP contribution in [0.4, 0.5) is 0 Å². The van der Waals surface area contributed by atoms with E-state index in [2.05, 4.69) is 86.3 Å². The predicted octanol–water partition coefficient (Wildman–Crippen LogP) is 7.98. The molecule has 0 amide bonds. The summed E-state index contributed by atoms with van der Waals surface area (Å²) >= 11 is 1.83. The summed E-state index contributed by atoms with van der Waals surface area (Å²) in [6, 6.07) is 17.5. The third kappa shape index (κ3) is 5.71. The summed E-state index contributed by atoms with van der Waals surface area (Å²) in [5, 5.41) is 1.28. The summed E-state index contributed by atoms with van der Waals surface area (Å²) < 4.78 is 7.20. The van der Waals surface area contributed by atoms with Gasteiger partial charge in [-0.2, -0.15) is 0 Å². The first-order chi connectivity index (χ1) is 13.8. The summed E-state index contributed by atoms with van der Waals surface area (Å²) in [4.78, 5) is 1.31. The molecule has 0 spiro atoms. The highest BCUT2D eigenvalue weighted by atomic mass is 32.1. The van der Waals surface area contributed by atoms with Crippen LogP contribution in [0.25, 0.3) is 20.5 Å². The van der Waals surface area contributed by atoms with Crippen LogP contribution in [-0.4, -0.2) is 6.61 Å². The summed E-state index contributed by atoms with van der Waals surface area (Å²) in [6.45, 7) is 6.60. The Labute approximate surface area is 172 Å². The Morgan fingerprint density at radius 2 is 1.71 bits per heavy atom. The molecular weight excluding hydrogens is 360 g/mol. The zero-order valence-electron chi connectivity index (χ0n) is 16.6. The predicted molar refractivity (Wildman–Crippen MR) is 124 cm³/mol. The van der Waals surface area contributed by atoms with Crippen LogP contribution >= 0.6 is 11.3 Å². The molecule has 0 saturated carbocycles. The Morgan fingerprint density at radius 3 is 2.50 bits per heavy atom. The lowest BCUT2D eigenvalue weighted by atomic mass is 10.1. The van der Waals surface area contributed by atoms with Gasteiger partial charge in [-0.25, -0.2) is 0 Å². The largest absolute Gasteiger partial charge is 0.493 e. The van der Waals surface area contributed by atoms with E-state index >= 15 is 0 Å². The molecule has 1 nitrogen and oxygen atoms in total. The van der Waals surface area contributed by atoms with Gasteiger partial charge in [-0.3, -0.25) is 0 Å². The summed E-state index contributed by atoms with van der Waals surface area (Å²) in [6.07, 6.45) is 14.5. The van der Waals surface area contributed by atoms with Crippen molar-refractivity contribution in [3.8, 4) is 16.2 Å². The van der Waals surface area contributed by atoms with E-state index in [4.69, 9.17) is 4.74 Å². The van der Waals surface area contributed by atoms with Gasteiger partial charge in [0.2, 0.25) is 0 Å². The van der Waals surface area contributed by atoms with Gasteiger partial charge in [0, 0.05) is 9.58 Å². The van der Waals surface area contributed by atoms with E-state index in [1.807, 2.05) is 17.4 Å². The molecule has 2 heteroatoms. The minimum Gasteiger partial charge on any atom is -0.493 e. The van der Waals surface area contributed by atoms with Crippen molar-refractivity contribution in [3.05, 3.63) is 91.1 Å². The van der Waals surface area contributed by atoms with Gasteiger partial charge in [0.1, 0.15) is 5.75 Å². The van der Waals surface area contributed by atoms with Crippen LogP contribution in [0.15, 0.2) is 85.5 Å². The fourth-order valence-electron chi connectivity index (χ4n) is 2.97. The quantitative estimate of drug-likeness (QED) is 0.253. The monoisotopic (exact) mass is 388 g/mol. The highest BCUT2D eigenvalue weighted by Gasteiger charge is 2.06. The molecule has 0 saturated heterocycles. The Morgan fingerprint density at radius 1 is 0.929 bits per heavy atom. The maximum absolute atomic E-state index is 5.93. The summed E-state index contributed by atoms with van der Waals surface area (Å²) in [5.41, 5.74) is 2.66. The molecule has 0 radical (unpaired) electrons. The van der Waals surface area contributed by atoms with E-state index in [1.165, 1.54) is 26.1 Å². The van der Waals surface area contributed by atoms with Crippen LogP contribution in [0.1, 0.15) is 31.7 Å². The molecule has 0 bridgehead atoms. The number of rotatable bonds is 10. The molecule has 0 unspecified atom stereocenters. The summed E-state index contributed by atoms with van der Waals surface area (Å²) in [5.74, 6) is 0.946. The maximum Gasteiger partial charge on any atom is 0.120 e. The average molecular weight is 389 g/mol. The minimum absolute atomic E-state index is 0.703. The third-order valence-electron chi connectivity index (χ3n) is 4.60. The molecule has 0 atom stereocenters. The normalized spacial score (nSPS) is 11.6. The molecule has 0 aliphatic rings. The summed E-state index contributed by atoms with van der Waals surface area (Å²) in [7, 11) is 0. The standard InChI is InChI=1S/C26H28OS/c1-3-5-6-7-8-9-10-11-18-27-24-17-16-23-19-25(28-26(23)20-24)22-14-12-21(4-2)13-15-22/h3,6-7,9-10,12-17,19-20H,1,4-5,8,11,18H2,2H3/b7-6+,10-9+. The fourth-order valence-corrected chi connectivity index (χ4v) is 4.07. The second-order valence-electron chi connectivity index (χ2n) is 6.70. The molecule has 3 aromatic rings. The Balaban J connectivity index is 1.55. The lowest BCUT2D eigenvalue weighted by Crippen LogP contribution is -1.94. The average Bonchev–Trinajstić information content (AvgIpc) is 3.16. The van der Waals surface area contributed by atoms with Gasteiger partial charge < -0.3 is 4.74 Å². The first-order valence-electron chi connectivity index (χ1n) is 9.96. The number of benzene rings is 2. The second-order valence-corrected chi connectivity index (χ2v) is 7.78. The van der Waals surface area contributed by atoms with Gasteiger partial charge in [0.15, 0.2) is 0 Å². The van der Waals surface area contributed by atoms with Crippen LogP contribution in [0, 0.1) is 0 Å². The molecule has 0 N–H and O–H groups in total. The van der Waals surface area contributed by atoms with Crippen LogP contribution in [0.3, 0.4) is 0 Å². The van der Waals surface area contributed by atoms with Crippen molar-refractivity contribution in [2.45, 2.75) is 32.6 Å². The lowest BCUT2D eigenvalue weighted by Gasteiger charge is -2.04. The molecule has 2 aromatic carbocycles. The second kappa shape index (κ2) is 10.7. The third-order valence-corrected chi connectivity index (χ3v) is 5.75. The number of hydrogen-bond acceptors (Lipinski definition) is 2. The Hall–Kier alpha value is -2.58. The molecule has 28 heavy (non-hydrogen) atoms. The first kappa shape index (κ1) is 20.2. The van der Waals surface area contributed by atoms with Crippen LogP contribution in [0.5, 0.6) is 5.75 Å². The zero-order chi connectivity index (χ0) is 19.6. The van der Waals surface area contributed by atoms with E-state index in [0.717, 1.165) is 31.4 Å². The van der Waals surface area contributed by atoms with Crippen molar-refractivity contribution in [1.82, 2.24) is 0 Å². The van der Waals surface area contributed by atoms with Gasteiger partial charge in [-0.15, -0.1) is 17.9 Å². The maximum atomic E-state index is 5.93. The Kier molecular flexibility index (Phi) is 7.69. The zero-order valence-corrected chi connectivity index (χ0v) is 17.4. The number of thiophene rings is 1. The number of aryl methyl sites for hydroxylation is 1.